The Morgan fingerprint density at radius 3 is 2.29 bits per heavy atom. The summed E-state index contributed by atoms with van der Waals surface area (Å²) in [5.41, 5.74) is -0.388. The predicted octanol–water partition coefficient (Wildman–Crippen LogP) is 3.62. The molecule has 1 rings (SSSR count). The van der Waals surface area contributed by atoms with Gasteiger partial charge in [-0.2, -0.15) is 0 Å². The highest BCUT2D eigenvalue weighted by atomic mass is 127. The smallest absolute Gasteiger partial charge is 0.221 e. The number of halogens is 4. The molecule has 0 aliphatic carbocycles. The lowest BCUT2D eigenvalue weighted by molar-refractivity contribution is -0.114. The van der Waals surface area contributed by atoms with Gasteiger partial charge in [0.15, 0.2) is 11.6 Å². The minimum Gasteiger partial charge on any atom is -0.323 e. The summed E-state index contributed by atoms with van der Waals surface area (Å²) in [7, 11) is 0. The zero-order chi connectivity index (χ0) is 13.2. The Morgan fingerprint density at radius 1 is 1.24 bits per heavy atom. The van der Waals surface area contributed by atoms with Crippen LogP contribution in [0.1, 0.15) is 25.8 Å². The lowest BCUT2D eigenvalue weighted by Crippen LogP contribution is -2.14. The summed E-state index contributed by atoms with van der Waals surface area (Å²) in [5.74, 6) is -3.86. The fourth-order valence-electron chi connectivity index (χ4n) is 1.47. The fraction of sp³-hybridized carbons (Fsp3) is 0.364. The minimum absolute atomic E-state index is 0.00556. The van der Waals surface area contributed by atoms with Gasteiger partial charge in [0.25, 0.3) is 0 Å². The van der Waals surface area contributed by atoms with Gasteiger partial charge in [0.1, 0.15) is 5.82 Å². The van der Waals surface area contributed by atoms with Crippen molar-refractivity contribution in [3.63, 3.8) is 0 Å². The second-order valence-electron chi connectivity index (χ2n) is 3.54. The summed E-state index contributed by atoms with van der Waals surface area (Å²) in [6.07, 6.45) is 0.791. The van der Waals surface area contributed by atoms with Crippen molar-refractivity contribution in [1.29, 1.82) is 0 Å². The van der Waals surface area contributed by atoms with Gasteiger partial charge in [0, 0.05) is 12.5 Å². The third kappa shape index (κ3) is 2.91. The maximum Gasteiger partial charge on any atom is 0.221 e. The van der Waals surface area contributed by atoms with Crippen molar-refractivity contribution in [2.24, 2.45) is 0 Å². The molecule has 1 aromatic rings. The average Bonchev–Trinajstić information content (AvgIpc) is 2.28. The zero-order valence-corrected chi connectivity index (χ0v) is 11.5. The average molecular weight is 357 g/mol. The van der Waals surface area contributed by atoms with Gasteiger partial charge in [-0.1, -0.05) is 13.3 Å². The van der Waals surface area contributed by atoms with Crippen LogP contribution in [-0.4, -0.2) is 5.91 Å². The second kappa shape index (κ2) is 5.70. The molecule has 1 amide bonds. The summed E-state index contributed by atoms with van der Waals surface area (Å²) >= 11 is 1.41. The minimum atomic E-state index is -1.27. The molecule has 0 saturated carbocycles. The summed E-state index contributed by atoms with van der Waals surface area (Å²) in [6, 6.07) is 0. The molecule has 2 nitrogen and oxygen atoms in total. The van der Waals surface area contributed by atoms with E-state index in [1.165, 1.54) is 22.6 Å². The van der Waals surface area contributed by atoms with Crippen LogP contribution in [0.4, 0.5) is 18.9 Å². The lowest BCUT2D eigenvalue weighted by Gasteiger charge is -2.13. The van der Waals surface area contributed by atoms with Crippen LogP contribution in [0.2, 0.25) is 0 Å². The molecule has 1 N–H and O–H groups in total. The third-order valence-electron chi connectivity index (χ3n) is 2.17. The highest BCUT2D eigenvalue weighted by molar-refractivity contribution is 14.1. The molecule has 0 aromatic heterocycles. The van der Waals surface area contributed by atoms with Gasteiger partial charge in [0.05, 0.1) is 9.26 Å². The Bertz CT molecular complexity index is 463. The van der Waals surface area contributed by atoms with E-state index in [0.29, 0.717) is 6.42 Å². The first-order valence-electron chi connectivity index (χ1n) is 5.02. The number of carbonyl (C=O) groups excluding carboxylic acids is 1. The van der Waals surface area contributed by atoms with E-state index in [1.54, 1.807) is 6.92 Å². The Balaban J connectivity index is 3.47. The molecule has 6 heteroatoms. The van der Waals surface area contributed by atoms with Gasteiger partial charge in [-0.3, -0.25) is 4.79 Å². The van der Waals surface area contributed by atoms with Crippen LogP contribution in [0.3, 0.4) is 0 Å². The molecule has 0 fully saturated rings. The van der Waals surface area contributed by atoms with Crippen molar-refractivity contribution in [1.82, 2.24) is 0 Å². The van der Waals surface area contributed by atoms with E-state index in [1.807, 2.05) is 0 Å². The van der Waals surface area contributed by atoms with Crippen molar-refractivity contribution >= 4 is 34.2 Å². The van der Waals surface area contributed by atoms with E-state index in [-0.39, 0.29) is 12.0 Å². The maximum atomic E-state index is 13.8. The van der Waals surface area contributed by atoms with Crippen LogP contribution in [0.5, 0.6) is 0 Å². The Labute approximate surface area is 111 Å². The van der Waals surface area contributed by atoms with Crippen molar-refractivity contribution in [2.45, 2.75) is 26.7 Å². The number of nitrogens with one attached hydrogen (secondary N) is 1. The van der Waals surface area contributed by atoms with Gasteiger partial charge >= 0.3 is 0 Å². The van der Waals surface area contributed by atoms with Gasteiger partial charge < -0.3 is 5.32 Å². The Morgan fingerprint density at radius 2 is 1.82 bits per heavy atom. The molecular weight excluding hydrogens is 346 g/mol. The van der Waals surface area contributed by atoms with Crippen molar-refractivity contribution in [2.75, 3.05) is 5.32 Å². The molecular formula is C11H11F3INO. The van der Waals surface area contributed by atoms with Crippen molar-refractivity contribution in [3.8, 4) is 0 Å². The molecule has 0 spiro atoms. The number of amides is 1. The Hall–Kier alpha value is -0.790. The van der Waals surface area contributed by atoms with E-state index >= 15 is 0 Å². The first-order valence-corrected chi connectivity index (χ1v) is 6.10. The zero-order valence-electron chi connectivity index (χ0n) is 9.33. The van der Waals surface area contributed by atoms with Crippen LogP contribution in [-0.2, 0) is 11.2 Å². The molecule has 0 radical (unpaired) electrons. The number of benzene rings is 1. The van der Waals surface area contributed by atoms with E-state index in [4.69, 9.17) is 0 Å². The van der Waals surface area contributed by atoms with Crippen LogP contribution in [0.25, 0.3) is 0 Å². The molecule has 94 valence electrons. The molecule has 1 aromatic carbocycles. The van der Waals surface area contributed by atoms with Crippen molar-refractivity contribution < 1.29 is 18.0 Å². The molecule has 0 heterocycles. The largest absolute Gasteiger partial charge is 0.323 e. The second-order valence-corrected chi connectivity index (χ2v) is 4.62. The molecule has 0 aliphatic rings. The quantitative estimate of drug-likeness (QED) is 0.500. The highest BCUT2D eigenvalue weighted by Gasteiger charge is 2.23. The molecule has 0 atom stereocenters. The number of rotatable bonds is 3. The first kappa shape index (κ1) is 14.3. The number of anilines is 1. The standard InChI is InChI=1S/C11H11F3INO/c1-3-4-6-7(12)10(15)8(13)9(14)11(6)16-5(2)17/h3-4H2,1-2H3,(H,16,17). The fourth-order valence-corrected chi connectivity index (χ4v) is 2.03. The lowest BCUT2D eigenvalue weighted by atomic mass is 10.1. The monoisotopic (exact) mass is 357 g/mol. The molecule has 0 unspecified atom stereocenters. The van der Waals surface area contributed by atoms with Crippen molar-refractivity contribution in [3.05, 3.63) is 26.6 Å². The third-order valence-corrected chi connectivity index (χ3v) is 3.11. The SMILES string of the molecule is CCCc1c(F)c(I)c(F)c(F)c1NC(C)=O. The summed E-state index contributed by atoms with van der Waals surface area (Å²) in [5, 5.41) is 2.14. The predicted molar refractivity (Wildman–Crippen MR) is 67.3 cm³/mol. The van der Waals surface area contributed by atoms with Gasteiger partial charge in [0.2, 0.25) is 5.91 Å². The highest BCUT2D eigenvalue weighted by Crippen LogP contribution is 2.31. The summed E-state index contributed by atoms with van der Waals surface area (Å²) < 4.78 is 40.4. The van der Waals surface area contributed by atoms with Gasteiger partial charge in [-0.05, 0) is 29.0 Å². The summed E-state index contributed by atoms with van der Waals surface area (Å²) in [6.45, 7) is 2.94. The maximum absolute atomic E-state index is 13.8. The molecule has 17 heavy (non-hydrogen) atoms. The van der Waals surface area contributed by atoms with Crippen LogP contribution >= 0.6 is 22.6 Å². The van der Waals surface area contributed by atoms with Crippen LogP contribution in [0, 0.1) is 21.0 Å². The molecule has 0 aliphatic heterocycles. The van der Waals surface area contributed by atoms with Crippen LogP contribution < -0.4 is 5.32 Å². The summed E-state index contributed by atoms with van der Waals surface area (Å²) in [4.78, 5) is 10.9. The van der Waals surface area contributed by atoms with E-state index in [9.17, 15) is 18.0 Å². The number of carbonyl (C=O) groups is 1. The Kier molecular flexibility index (Phi) is 4.79. The number of hydrogen-bond acceptors (Lipinski definition) is 1. The van der Waals surface area contributed by atoms with Gasteiger partial charge in [-0.25, -0.2) is 13.2 Å². The normalized spacial score (nSPS) is 10.5. The molecule has 0 bridgehead atoms. The van der Waals surface area contributed by atoms with E-state index in [2.05, 4.69) is 5.32 Å². The van der Waals surface area contributed by atoms with E-state index < -0.39 is 32.6 Å². The first-order chi connectivity index (χ1) is 7.90. The topological polar surface area (TPSA) is 29.1 Å². The van der Waals surface area contributed by atoms with Crippen LogP contribution in [0.15, 0.2) is 0 Å². The van der Waals surface area contributed by atoms with Gasteiger partial charge in [-0.15, -0.1) is 0 Å². The molecule has 0 saturated heterocycles. The van der Waals surface area contributed by atoms with E-state index in [0.717, 1.165) is 6.92 Å². The number of hydrogen-bond donors (Lipinski definition) is 1.